The van der Waals surface area contributed by atoms with E-state index in [-0.39, 0.29) is 11.5 Å². The van der Waals surface area contributed by atoms with Gasteiger partial charge in [0.25, 0.3) is 5.56 Å². The van der Waals surface area contributed by atoms with E-state index >= 15 is 0 Å². The molecule has 0 spiro atoms. The number of hydrogen-bond acceptors (Lipinski definition) is 4. The number of halogens is 1. The van der Waals surface area contributed by atoms with Crippen molar-refractivity contribution >= 4 is 40.2 Å². The lowest BCUT2D eigenvalue weighted by Gasteiger charge is -2.13. The number of nitrogens with one attached hydrogen (secondary N) is 1. The van der Waals surface area contributed by atoms with Crippen LogP contribution in [0.2, 0.25) is 5.02 Å². The van der Waals surface area contributed by atoms with Gasteiger partial charge in [-0.2, -0.15) is 0 Å². The van der Waals surface area contributed by atoms with Crippen LogP contribution in [0.15, 0.2) is 88.8 Å². The molecule has 0 aliphatic heterocycles. The summed E-state index contributed by atoms with van der Waals surface area (Å²) in [4.78, 5) is 30.1. The van der Waals surface area contributed by atoms with Crippen molar-refractivity contribution < 1.29 is 4.79 Å². The molecule has 0 aliphatic rings. The van der Waals surface area contributed by atoms with Crippen LogP contribution in [0.5, 0.6) is 0 Å². The predicted octanol–water partition coefficient (Wildman–Crippen LogP) is 5.23. The topological polar surface area (TPSA) is 64.0 Å². The van der Waals surface area contributed by atoms with E-state index in [9.17, 15) is 9.59 Å². The van der Waals surface area contributed by atoms with Crippen molar-refractivity contribution in [3.8, 4) is 5.69 Å². The molecule has 3 aromatic carbocycles. The molecule has 7 heteroatoms. The smallest absolute Gasteiger partial charge is 0.266 e. The number of rotatable bonds is 8. The molecular formula is C25H22ClN3O2S. The van der Waals surface area contributed by atoms with Crippen molar-refractivity contribution in [3.05, 3.63) is 99.8 Å². The van der Waals surface area contributed by atoms with E-state index in [4.69, 9.17) is 16.6 Å². The van der Waals surface area contributed by atoms with Crippen LogP contribution in [0.3, 0.4) is 0 Å². The number of hydrogen-bond donors (Lipinski definition) is 1. The van der Waals surface area contributed by atoms with Gasteiger partial charge >= 0.3 is 0 Å². The molecule has 162 valence electrons. The van der Waals surface area contributed by atoms with E-state index in [1.54, 1.807) is 22.8 Å². The van der Waals surface area contributed by atoms with Crippen LogP contribution >= 0.6 is 23.4 Å². The first-order chi connectivity index (χ1) is 15.6. The summed E-state index contributed by atoms with van der Waals surface area (Å²) in [5.74, 6) is 0.664. The second-order valence-electron chi connectivity index (χ2n) is 7.25. The van der Waals surface area contributed by atoms with Crippen molar-refractivity contribution in [2.24, 2.45) is 0 Å². The van der Waals surface area contributed by atoms with Gasteiger partial charge in [-0.1, -0.05) is 71.9 Å². The van der Waals surface area contributed by atoms with Crippen molar-refractivity contribution in [1.82, 2.24) is 14.9 Å². The Morgan fingerprint density at radius 1 is 1.00 bits per heavy atom. The molecule has 4 aromatic rings. The van der Waals surface area contributed by atoms with Crippen LogP contribution in [-0.4, -0.2) is 21.2 Å². The van der Waals surface area contributed by atoms with Crippen LogP contribution in [0.25, 0.3) is 16.6 Å². The zero-order valence-corrected chi connectivity index (χ0v) is 18.9. The predicted molar refractivity (Wildman–Crippen MR) is 131 cm³/mol. The molecule has 0 unspecified atom stereocenters. The molecule has 0 fully saturated rings. The second kappa shape index (κ2) is 10.5. The third kappa shape index (κ3) is 5.39. The first kappa shape index (κ1) is 22.1. The number of benzene rings is 3. The van der Waals surface area contributed by atoms with Gasteiger partial charge in [0.05, 0.1) is 16.6 Å². The quantitative estimate of drug-likeness (QED) is 0.221. The first-order valence-electron chi connectivity index (χ1n) is 10.3. The van der Waals surface area contributed by atoms with Gasteiger partial charge < -0.3 is 5.32 Å². The Labute approximate surface area is 195 Å². The number of para-hydroxylation sites is 1. The van der Waals surface area contributed by atoms with Crippen LogP contribution in [0, 0.1) is 0 Å². The molecule has 32 heavy (non-hydrogen) atoms. The van der Waals surface area contributed by atoms with Gasteiger partial charge in [0.15, 0.2) is 5.16 Å². The highest BCUT2D eigenvalue weighted by atomic mass is 35.5. The lowest BCUT2D eigenvalue weighted by atomic mass is 10.2. The van der Waals surface area contributed by atoms with Gasteiger partial charge in [0.1, 0.15) is 0 Å². The maximum atomic E-state index is 13.2. The molecule has 0 atom stereocenters. The van der Waals surface area contributed by atoms with Crippen molar-refractivity contribution in [2.75, 3.05) is 5.75 Å². The Morgan fingerprint density at radius 2 is 1.78 bits per heavy atom. The summed E-state index contributed by atoms with van der Waals surface area (Å²) in [6.07, 6.45) is 1.08. The highest BCUT2D eigenvalue weighted by Crippen LogP contribution is 2.23. The molecule has 5 nitrogen and oxygen atoms in total. The van der Waals surface area contributed by atoms with E-state index < -0.39 is 0 Å². The average Bonchev–Trinajstić information content (AvgIpc) is 2.81. The minimum absolute atomic E-state index is 0.00755. The SMILES string of the molecule is O=C(CCCSc1nc2ccccc2c(=O)n1-c1cccc(Cl)c1)NCc1ccccc1. The average molecular weight is 464 g/mol. The Hall–Kier alpha value is -3.09. The number of amides is 1. The highest BCUT2D eigenvalue weighted by molar-refractivity contribution is 7.99. The fourth-order valence-corrected chi connectivity index (χ4v) is 4.47. The molecule has 0 bridgehead atoms. The number of thioether (sulfide) groups is 1. The van der Waals surface area contributed by atoms with Crippen LogP contribution < -0.4 is 10.9 Å². The maximum Gasteiger partial charge on any atom is 0.266 e. The number of aromatic nitrogens is 2. The number of carbonyl (C=O) groups excluding carboxylic acids is 1. The van der Waals surface area contributed by atoms with Gasteiger partial charge in [-0.05, 0) is 42.3 Å². The zero-order valence-electron chi connectivity index (χ0n) is 17.3. The van der Waals surface area contributed by atoms with Gasteiger partial charge in [-0.15, -0.1) is 0 Å². The third-order valence-electron chi connectivity index (χ3n) is 4.92. The summed E-state index contributed by atoms with van der Waals surface area (Å²) in [6.45, 7) is 0.521. The van der Waals surface area contributed by atoms with Gasteiger partial charge in [-0.3, -0.25) is 14.2 Å². The number of carbonyl (C=O) groups is 1. The normalized spacial score (nSPS) is 10.9. The van der Waals surface area contributed by atoms with Crippen molar-refractivity contribution in [2.45, 2.75) is 24.5 Å². The fraction of sp³-hybridized carbons (Fsp3) is 0.160. The van der Waals surface area contributed by atoms with E-state index in [2.05, 4.69) is 5.32 Å². The second-order valence-corrected chi connectivity index (χ2v) is 8.74. The zero-order chi connectivity index (χ0) is 22.3. The van der Waals surface area contributed by atoms with Crippen LogP contribution in [-0.2, 0) is 11.3 Å². The number of nitrogens with zero attached hydrogens (tertiary/aromatic N) is 2. The molecule has 1 aromatic heterocycles. The van der Waals surface area contributed by atoms with E-state index in [1.807, 2.05) is 60.7 Å². The summed E-state index contributed by atoms with van der Waals surface area (Å²) in [6, 6.07) is 24.3. The van der Waals surface area contributed by atoms with Crippen molar-refractivity contribution in [3.63, 3.8) is 0 Å². The van der Waals surface area contributed by atoms with Crippen LogP contribution in [0.1, 0.15) is 18.4 Å². The Kier molecular flexibility index (Phi) is 7.24. The highest BCUT2D eigenvalue weighted by Gasteiger charge is 2.14. The largest absolute Gasteiger partial charge is 0.352 e. The number of fused-ring (bicyclic) bond motifs is 1. The van der Waals surface area contributed by atoms with Gasteiger partial charge in [-0.25, -0.2) is 4.98 Å². The Morgan fingerprint density at radius 3 is 2.59 bits per heavy atom. The van der Waals surface area contributed by atoms with E-state index in [0.717, 1.165) is 5.56 Å². The van der Waals surface area contributed by atoms with Gasteiger partial charge in [0.2, 0.25) is 5.91 Å². The molecule has 0 saturated carbocycles. The summed E-state index contributed by atoms with van der Waals surface area (Å²) in [5.41, 5.74) is 2.25. The van der Waals surface area contributed by atoms with E-state index in [1.165, 1.54) is 11.8 Å². The Bertz CT molecular complexity index is 1290. The molecule has 1 amide bonds. The summed E-state index contributed by atoms with van der Waals surface area (Å²) >= 11 is 7.63. The fourth-order valence-electron chi connectivity index (χ4n) is 3.33. The first-order valence-corrected chi connectivity index (χ1v) is 11.7. The van der Waals surface area contributed by atoms with Gasteiger partial charge in [0, 0.05) is 23.7 Å². The molecule has 1 heterocycles. The Balaban J connectivity index is 1.46. The molecule has 1 N–H and O–H groups in total. The minimum atomic E-state index is -0.138. The van der Waals surface area contributed by atoms with Crippen LogP contribution in [0.4, 0.5) is 0 Å². The van der Waals surface area contributed by atoms with E-state index in [0.29, 0.717) is 51.9 Å². The molecule has 4 rings (SSSR count). The monoisotopic (exact) mass is 463 g/mol. The standard InChI is InChI=1S/C25H22ClN3O2S/c26-19-10-6-11-20(16-19)29-24(31)21-12-4-5-13-22(21)28-25(29)32-15-7-14-23(30)27-17-18-8-2-1-3-9-18/h1-6,8-13,16H,7,14-15,17H2,(H,27,30). The maximum absolute atomic E-state index is 13.2. The summed E-state index contributed by atoms with van der Waals surface area (Å²) in [7, 11) is 0. The van der Waals surface area contributed by atoms with Crippen molar-refractivity contribution in [1.29, 1.82) is 0 Å². The minimum Gasteiger partial charge on any atom is -0.352 e. The lowest BCUT2D eigenvalue weighted by Crippen LogP contribution is -2.23. The lowest BCUT2D eigenvalue weighted by molar-refractivity contribution is -0.121. The molecule has 0 aliphatic carbocycles. The third-order valence-corrected chi connectivity index (χ3v) is 6.18. The molecule has 0 saturated heterocycles. The summed E-state index contributed by atoms with van der Waals surface area (Å²) in [5, 5.41) is 4.63. The summed E-state index contributed by atoms with van der Waals surface area (Å²) < 4.78 is 1.59. The molecular weight excluding hydrogens is 442 g/mol. The molecule has 0 radical (unpaired) electrons.